The van der Waals surface area contributed by atoms with Crippen LogP contribution >= 0.6 is 0 Å². The van der Waals surface area contributed by atoms with Gasteiger partial charge in [0.1, 0.15) is 16.4 Å². The van der Waals surface area contributed by atoms with Crippen molar-refractivity contribution in [2.24, 2.45) is 5.10 Å². The number of hydrazone groups is 1. The number of methoxy groups -OCH3 is 2. The van der Waals surface area contributed by atoms with Crippen molar-refractivity contribution in [2.75, 3.05) is 21.0 Å². The van der Waals surface area contributed by atoms with Gasteiger partial charge in [0.25, 0.3) is 10.0 Å². The summed E-state index contributed by atoms with van der Waals surface area (Å²) in [6.45, 7) is 0.166. The van der Waals surface area contributed by atoms with E-state index in [0.29, 0.717) is 22.8 Å². The second kappa shape index (κ2) is 6.89. The predicted octanol–water partition coefficient (Wildman–Crippen LogP) is 1.74. The summed E-state index contributed by atoms with van der Waals surface area (Å²) >= 11 is 0. The third-order valence-electron chi connectivity index (χ3n) is 3.44. The van der Waals surface area contributed by atoms with Gasteiger partial charge in [0.15, 0.2) is 11.5 Å². The molecule has 2 aromatic carbocycles. The van der Waals surface area contributed by atoms with Crippen LogP contribution in [0.3, 0.4) is 0 Å². The van der Waals surface area contributed by atoms with Crippen LogP contribution in [0.5, 0.6) is 23.0 Å². The van der Waals surface area contributed by atoms with E-state index in [0.717, 1.165) is 0 Å². The molecule has 0 saturated carbocycles. The maximum Gasteiger partial charge on any atom is 0.280 e. The molecule has 0 atom stereocenters. The van der Waals surface area contributed by atoms with Crippen LogP contribution in [0, 0.1) is 0 Å². The highest BCUT2D eigenvalue weighted by molar-refractivity contribution is 7.89. The minimum Gasteiger partial charge on any atom is -0.497 e. The summed E-state index contributed by atoms with van der Waals surface area (Å²) in [6, 6.07) is 9.56. The number of sulfonamides is 1. The van der Waals surface area contributed by atoms with Crippen LogP contribution in [0.15, 0.2) is 46.4 Å². The minimum atomic E-state index is -3.89. The van der Waals surface area contributed by atoms with Crippen molar-refractivity contribution in [3.63, 3.8) is 0 Å². The van der Waals surface area contributed by atoms with Gasteiger partial charge < -0.3 is 18.9 Å². The smallest absolute Gasteiger partial charge is 0.280 e. The first-order chi connectivity index (χ1) is 12.0. The SMILES string of the molecule is COc1ccc(S(=O)(=O)N/N=C\c2ccc3c(c2)OCO3)c(OC)c1. The fourth-order valence-corrected chi connectivity index (χ4v) is 3.15. The number of rotatable bonds is 6. The van der Waals surface area contributed by atoms with Gasteiger partial charge in [0.05, 0.1) is 20.4 Å². The van der Waals surface area contributed by atoms with E-state index in [1.54, 1.807) is 18.2 Å². The van der Waals surface area contributed by atoms with Gasteiger partial charge in [-0.2, -0.15) is 18.4 Å². The van der Waals surface area contributed by atoms with Gasteiger partial charge in [-0.05, 0) is 35.9 Å². The molecule has 0 aliphatic carbocycles. The van der Waals surface area contributed by atoms with Gasteiger partial charge in [-0.25, -0.2) is 0 Å². The lowest BCUT2D eigenvalue weighted by atomic mass is 10.2. The van der Waals surface area contributed by atoms with Gasteiger partial charge in [-0.3, -0.25) is 0 Å². The Hall–Kier alpha value is -2.94. The lowest BCUT2D eigenvalue weighted by molar-refractivity contribution is 0.174. The Labute approximate surface area is 145 Å². The summed E-state index contributed by atoms with van der Waals surface area (Å²) in [5.41, 5.74) is 0.661. The van der Waals surface area contributed by atoms with Crippen LogP contribution < -0.4 is 23.8 Å². The predicted molar refractivity (Wildman–Crippen MR) is 90.0 cm³/mol. The average molecular weight is 364 g/mol. The van der Waals surface area contributed by atoms with E-state index in [1.165, 1.54) is 38.6 Å². The zero-order valence-electron chi connectivity index (χ0n) is 13.6. The van der Waals surface area contributed by atoms with E-state index >= 15 is 0 Å². The number of nitrogens with zero attached hydrogens (tertiary/aromatic N) is 1. The van der Waals surface area contributed by atoms with Crippen molar-refractivity contribution in [2.45, 2.75) is 4.90 Å². The zero-order chi connectivity index (χ0) is 17.9. The van der Waals surface area contributed by atoms with Crippen LogP contribution in [0.1, 0.15) is 5.56 Å². The summed E-state index contributed by atoms with van der Waals surface area (Å²) in [6.07, 6.45) is 1.37. The van der Waals surface area contributed by atoms with Crippen LogP contribution in [-0.2, 0) is 10.0 Å². The fourth-order valence-electron chi connectivity index (χ4n) is 2.21. The van der Waals surface area contributed by atoms with E-state index < -0.39 is 10.0 Å². The topological polar surface area (TPSA) is 95.5 Å². The third-order valence-corrected chi connectivity index (χ3v) is 4.71. The number of fused-ring (bicyclic) bond motifs is 1. The molecule has 0 amide bonds. The summed E-state index contributed by atoms with van der Waals surface area (Å²) in [5.74, 6) is 1.87. The normalized spacial score (nSPS) is 13.0. The standard InChI is InChI=1S/C16H16N2O6S/c1-21-12-4-6-16(15(8-12)22-2)25(19,20)18-17-9-11-3-5-13-14(7-11)24-10-23-13/h3-9,18H,10H2,1-2H3/b17-9-. The molecule has 132 valence electrons. The van der Waals surface area contributed by atoms with Gasteiger partial charge in [0, 0.05) is 6.07 Å². The third kappa shape index (κ3) is 3.61. The summed E-state index contributed by atoms with van der Waals surface area (Å²) in [5, 5.41) is 3.79. The van der Waals surface area contributed by atoms with Gasteiger partial charge in [-0.1, -0.05) is 0 Å². The van der Waals surface area contributed by atoms with Crippen LogP contribution in [0.25, 0.3) is 0 Å². The average Bonchev–Trinajstić information content (AvgIpc) is 3.08. The lowest BCUT2D eigenvalue weighted by Crippen LogP contribution is -2.19. The monoisotopic (exact) mass is 364 g/mol. The molecule has 0 radical (unpaired) electrons. The number of benzene rings is 2. The van der Waals surface area contributed by atoms with Crippen LogP contribution in [-0.4, -0.2) is 35.6 Å². The molecule has 0 bridgehead atoms. The Morgan fingerprint density at radius 2 is 1.88 bits per heavy atom. The van der Waals surface area contributed by atoms with Gasteiger partial charge >= 0.3 is 0 Å². The number of ether oxygens (including phenoxy) is 4. The molecule has 1 N–H and O–H groups in total. The molecule has 0 aromatic heterocycles. The first kappa shape index (κ1) is 16.9. The Balaban J connectivity index is 1.78. The molecule has 1 aliphatic heterocycles. The Bertz CT molecular complexity index is 911. The minimum absolute atomic E-state index is 0.0429. The van der Waals surface area contributed by atoms with Crippen molar-refractivity contribution in [1.29, 1.82) is 0 Å². The van der Waals surface area contributed by atoms with Gasteiger partial charge in [0.2, 0.25) is 6.79 Å². The molecule has 1 heterocycles. The van der Waals surface area contributed by atoms with Gasteiger partial charge in [-0.15, -0.1) is 0 Å². The Morgan fingerprint density at radius 1 is 1.08 bits per heavy atom. The molecule has 3 rings (SSSR count). The van der Waals surface area contributed by atoms with Crippen molar-refractivity contribution in [3.05, 3.63) is 42.0 Å². The first-order valence-corrected chi connectivity index (χ1v) is 8.68. The Kier molecular flexibility index (Phi) is 4.66. The van der Waals surface area contributed by atoms with Crippen molar-refractivity contribution in [1.82, 2.24) is 4.83 Å². The fraction of sp³-hybridized carbons (Fsp3) is 0.188. The molecule has 25 heavy (non-hydrogen) atoms. The van der Waals surface area contributed by atoms with Crippen LogP contribution in [0.4, 0.5) is 0 Å². The molecule has 0 unspecified atom stereocenters. The molecule has 8 nitrogen and oxygen atoms in total. The molecule has 0 saturated heterocycles. The molecular formula is C16H16N2O6S. The molecule has 2 aromatic rings. The second-order valence-electron chi connectivity index (χ2n) is 4.98. The lowest BCUT2D eigenvalue weighted by Gasteiger charge is -2.10. The largest absolute Gasteiger partial charge is 0.497 e. The number of hydrogen-bond donors (Lipinski definition) is 1. The van der Waals surface area contributed by atoms with Crippen molar-refractivity contribution in [3.8, 4) is 23.0 Å². The highest BCUT2D eigenvalue weighted by Gasteiger charge is 2.19. The molecule has 0 spiro atoms. The quantitative estimate of drug-likeness (QED) is 0.620. The second-order valence-corrected chi connectivity index (χ2v) is 6.61. The van der Waals surface area contributed by atoms with E-state index in [-0.39, 0.29) is 17.4 Å². The van der Waals surface area contributed by atoms with E-state index in [4.69, 9.17) is 18.9 Å². The summed E-state index contributed by atoms with van der Waals surface area (Å²) < 4.78 is 45.4. The van der Waals surface area contributed by atoms with E-state index in [9.17, 15) is 8.42 Å². The molecule has 1 aliphatic rings. The maximum absolute atomic E-state index is 12.4. The zero-order valence-corrected chi connectivity index (χ0v) is 14.4. The number of nitrogens with one attached hydrogen (secondary N) is 1. The first-order valence-electron chi connectivity index (χ1n) is 7.20. The maximum atomic E-state index is 12.4. The van der Waals surface area contributed by atoms with Crippen LogP contribution in [0.2, 0.25) is 0 Å². The van der Waals surface area contributed by atoms with E-state index in [1.807, 2.05) is 0 Å². The Morgan fingerprint density at radius 3 is 2.64 bits per heavy atom. The molecular weight excluding hydrogens is 348 g/mol. The summed E-state index contributed by atoms with van der Waals surface area (Å²) in [4.78, 5) is 2.11. The molecule has 0 fully saturated rings. The highest BCUT2D eigenvalue weighted by Crippen LogP contribution is 2.32. The van der Waals surface area contributed by atoms with E-state index in [2.05, 4.69) is 9.93 Å². The van der Waals surface area contributed by atoms with Crippen molar-refractivity contribution >= 4 is 16.2 Å². The van der Waals surface area contributed by atoms with Crippen molar-refractivity contribution < 1.29 is 27.4 Å². The summed E-state index contributed by atoms with van der Waals surface area (Å²) in [7, 11) is -1.03. The number of hydrogen-bond acceptors (Lipinski definition) is 7. The highest BCUT2D eigenvalue weighted by atomic mass is 32.2. The molecule has 9 heteroatoms.